The number of benzene rings is 2. The van der Waals surface area contributed by atoms with E-state index in [9.17, 15) is 9.59 Å². The Morgan fingerprint density at radius 1 is 1.27 bits per heavy atom. The van der Waals surface area contributed by atoms with Crippen LogP contribution in [-0.4, -0.2) is 36.6 Å². The summed E-state index contributed by atoms with van der Waals surface area (Å²) in [4.78, 5) is 31.9. The van der Waals surface area contributed by atoms with E-state index >= 15 is 0 Å². The minimum absolute atomic E-state index is 0.0102. The van der Waals surface area contributed by atoms with Gasteiger partial charge < -0.3 is 14.4 Å². The maximum atomic E-state index is 12.4. The number of nitrogens with zero attached hydrogens (tertiary/aromatic N) is 2. The van der Waals surface area contributed by atoms with Gasteiger partial charge >= 0.3 is 0 Å². The van der Waals surface area contributed by atoms with Crippen molar-refractivity contribution in [1.82, 2.24) is 4.98 Å². The highest BCUT2D eigenvalue weighted by molar-refractivity contribution is 7.16. The summed E-state index contributed by atoms with van der Waals surface area (Å²) in [5.41, 5.74) is 4.30. The maximum Gasteiger partial charge on any atom is 0.265 e. The van der Waals surface area contributed by atoms with Crippen LogP contribution < -0.4 is 19.7 Å². The molecule has 0 saturated carbocycles. The van der Waals surface area contributed by atoms with Crippen molar-refractivity contribution in [3.05, 3.63) is 65.1 Å². The minimum Gasteiger partial charge on any atom is -0.483 e. The SMILES string of the molecule is C=CCN1C(=O)COc2ccc(-c3nc(NC(=O)COc4cc(C)ccc4C)sc3C)cc21. The number of hydrogen-bond acceptors (Lipinski definition) is 6. The molecule has 0 radical (unpaired) electrons. The van der Waals surface area contributed by atoms with Gasteiger partial charge in [0.1, 0.15) is 11.5 Å². The highest BCUT2D eigenvalue weighted by atomic mass is 32.1. The predicted octanol–water partition coefficient (Wildman–Crippen LogP) is 4.66. The molecule has 1 aromatic heterocycles. The van der Waals surface area contributed by atoms with Crippen LogP contribution in [0.25, 0.3) is 11.3 Å². The first-order valence-corrected chi connectivity index (χ1v) is 11.3. The third kappa shape index (κ3) is 4.90. The lowest BCUT2D eigenvalue weighted by Crippen LogP contribution is -2.38. The molecule has 7 nitrogen and oxygen atoms in total. The molecular formula is C25H25N3O4S. The highest BCUT2D eigenvalue weighted by Gasteiger charge is 2.25. The van der Waals surface area contributed by atoms with Crippen molar-refractivity contribution in [2.24, 2.45) is 0 Å². The summed E-state index contributed by atoms with van der Waals surface area (Å²) >= 11 is 1.39. The van der Waals surface area contributed by atoms with Crippen molar-refractivity contribution in [1.29, 1.82) is 0 Å². The zero-order chi connectivity index (χ0) is 23.5. The molecule has 2 heterocycles. The molecule has 1 aliphatic rings. The summed E-state index contributed by atoms with van der Waals surface area (Å²) in [6.07, 6.45) is 1.68. The number of thiazole rings is 1. The number of ether oxygens (including phenoxy) is 2. The first-order chi connectivity index (χ1) is 15.9. The average molecular weight is 464 g/mol. The van der Waals surface area contributed by atoms with E-state index in [0.29, 0.717) is 28.9 Å². The third-order valence-corrected chi connectivity index (χ3v) is 6.12. The lowest BCUT2D eigenvalue weighted by Gasteiger charge is -2.28. The Morgan fingerprint density at radius 3 is 2.88 bits per heavy atom. The number of hydrogen-bond donors (Lipinski definition) is 1. The molecule has 0 aliphatic carbocycles. The summed E-state index contributed by atoms with van der Waals surface area (Å²) in [7, 11) is 0. The Hall–Kier alpha value is -3.65. The zero-order valence-electron chi connectivity index (χ0n) is 18.8. The molecule has 0 spiro atoms. The number of aryl methyl sites for hydroxylation is 3. The van der Waals surface area contributed by atoms with Crippen molar-refractivity contribution in [3.63, 3.8) is 0 Å². The van der Waals surface area contributed by atoms with Gasteiger partial charge in [-0.25, -0.2) is 4.98 Å². The molecule has 2 aromatic carbocycles. The van der Waals surface area contributed by atoms with Crippen LogP contribution in [-0.2, 0) is 9.59 Å². The van der Waals surface area contributed by atoms with Gasteiger partial charge in [-0.1, -0.05) is 18.2 Å². The molecule has 0 saturated heterocycles. The van der Waals surface area contributed by atoms with Gasteiger partial charge in [0.05, 0.1) is 11.4 Å². The van der Waals surface area contributed by atoms with Crippen LogP contribution in [0.15, 0.2) is 49.1 Å². The fourth-order valence-electron chi connectivity index (χ4n) is 3.56. The second kappa shape index (κ2) is 9.46. The molecule has 2 amide bonds. The Balaban J connectivity index is 1.49. The van der Waals surface area contributed by atoms with Crippen LogP contribution in [0.3, 0.4) is 0 Å². The van der Waals surface area contributed by atoms with Gasteiger partial charge in [0.25, 0.3) is 11.8 Å². The summed E-state index contributed by atoms with van der Waals surface area (Å²) in [5, 5.41) is 3.31. The molecule has 33 heavy (non-hydrogen) atoms. The molecule has 1 aliphatic heterocycles. The Kier molecular flexibility index (Phi) is 6.46. The monoisotopic (exact) mass is 463 g/mol. The molecule has 8 heteroatoms. The van der Waals surface area contributed by atoms with E-state index in [1.807, 2.05) is 57.2 Å². The first-order valence-electron chi connectivity index (χ1n) is 10.5. The molecule has 1 N–H and O–H groups in total. The lowest BCUT2D eigenvalue weighted by molar-refractivity contribution is -0.121. The number of carbonyl (C=O) groups excluding carboxylic acids is 2. The van der Waals surface area contributed by atoms with Gasteiger partial charge in [-0.2, -0.15) is 0 Å². The lowest BCUT2D eigenvalue weighted by atomic mass is 10.1. The zero-order valence-corrected chi connectivity index (χ0v) is 19.6. The molecular weight excluding hydrogens is 438 g/mol. The van der Waals surface area contributed by atoms with Crippen LogP contribution in [0.4, 0.5) is 10.8 Å². The topological polar surface area (TPSA) is 80.8 Å². The second-order valence-electron chi connectivity index (χ2n) is 7.79. The van der Waals surface area contributed by atoms with E-state index in [2.05, 4.69) is 16.9 Å². The first kappa shape index (κ1) is 22.5. The van der Waals surface area contributed by atoms with Gasteiger partial charge in [0, 0.05) is 17.0 Å². The smallest absolute Gasteiger partial charge is 0.265 e. The van der Waals surface area contributed by atoms with Crippen LogP contribution in [0, 0.1) is 20.8 Å². The van der Waals surface area contributed by atoms with E-state index < -0.39 is 0 Å². The van der Waals surface area contributed by atoms with Crippen molar-refractivity contribution in [2.45, 2.75) is 20.8 Å². The molecule has 0 fully saturated rings. The van der Waals surface area contributed by atoms with Gasteiger partial charge in [-0.3, -0.25) is 14.9 Å². The third-order valence-electron chi connectivity index (χ3n) is 5.23. The number of nitrogens with one attached hydrogen (secondary N) is 1. The minimum atomic E-state index is -0.280. The molecule has 170 valence electrons. The molecule has 0 bridgehead atoms. The number of aromatic nitrogens is 1. The number of amides is 2. The summed E-state index contributed by atoms with van der Waals surface area (Å²) in [6.45, 7) is 9.90. The molecule has 0 atom stereocenters. The fraction of sp³-hybridized carbons (Fsp3) is 0.240. The van der Waals surface area contributed by atoms with E-state index in [4.69, 9.17) is 9.47 Å². The largest absolute Gasteiger partial charge is 0.483 e. The van der Waals surface area contributed by atoms with Crippen LogP contribution in [0.2, 0.25) is 0 Å². The predicted molar refractivity (Wildman–Crippen MR) is 130 cm³/mol. The van der Waals surface area contributed by atoms with Crippen molar-refractivity contribution >= 4 is 34.0 Å². The summed E-state index contributed by atoms with van der Waals surface area (Å²) in [5.74, 6) is 0.936. The molecule has 0 unspecified atom stereocenters. The van der Waals surface area contributed by atoms with Gasteiger partial charge in [-0.15, -0.1) is 17.9 Å². The van der Waals surface area contributed by atoms with Gasteiger partial charge in [-0.05, 0) is 56.2 Å². The van der Waals surface area contributed by atoms with Crippen LogP contribution in [0.1, 0.15) is 16.0 Å². The van der Waals surface area contributed by atoms with E-state index in [-0.39, 0.29) is 25.0 Å². The number of rotatable bonds is 7. The molecule has 4 rings (SSSR count). The Labute approximate surface area is 196 Å². The van der Waals surface area contributed by atoms with Crippen molar-refractivity contribution < 1.29 is 19.1 Å². The van der Waals surface area contributed by atoms with Crippen LogP contribution in [0.5, 0.6) is 11.5 Å². The fourth-order valence-corrected chi connectivity index (χ4v) is 4.41. The van der Waals surface area contributed by atoms with Crippen LogP contribution >= 0.6 is 11.3 Å². The van der Waals surface area contributed by atoms with Gasteiger partial charge in [0.15, 0.2) is 18.3 Å². The number of carbonyl (C=O) groups is 2. The van der Waals surface area contributed by atoms with Crippen molar-refractivity contribution in [2.75, 3.05) is 30.0 Å². The number of fused-ring (bicyclic) bond motifs is 1. The normalized spacial score (nSPS) is 12.7. The quantitative estimate of drug-likeness (QED) is 0.515. The second-order valence-corrected chi connectivity index (χ2v) is 9.00. The Morgan fingerprint density at radius 2 is 2.09 bits per heavy atom. The van der Waals surface area contributed by atoms with E-state index in [1.165, 1.54) is 11.3 Å². The standard InChI is InChI=1S/C25H25N3O4S/c1-5-10-28-19-12-18(8-9-20(19)32-14-23(28)30)24-17(4)33-25(27-24)26-22(29)13-31-21-11-15(2)6-7-16(21)3/h5-9,11-12H,1,10,13-14H2,2-4H3,(H,26,27,29). The summed E-state index contributed by atoms with van der Waals surface area (Å²) in [6, 6.07) is 11.5. The number of anilines is 2. The van der Waals surface area contributed by atoms with Gasteiger partial charge in [0.2, 0.25) is 0 Å². The molecule has 3 aromatic rings. The maximum absolute atomic E-state index is 12.4. The van der Waals surface area contributed by atoms with E-state index in [0.717, 1.165) is 27.3 Å². The average Bonchev–Trinajstić information content (AvgIpc) is 3.15. The van der Waals surface area contributed by atoms with Crippen molar-refractivity contribution in [3.8, 4) is 22.8 Å². The van der Waals surface area contributed by atoms with E-state index in [1.54, 1.807) is 11.0 Å². The highest BCUT2D eigenvalue weighted by Crippen LogP contribution is 2.38. The summed E-state index contributed by atoms with van der Waals surface area (Å²) < 4.78 is 11.2. The Bertz CT molecular complexity index is 1230.